The molecule has 4 aromatic rings. The van der Waals surface area contributed by atoms with Crippen LogP contribution in [0.4, 0.5) is 5.69 Å². The molecule has 2 fully saturated rings. The molecule has 2 heterocycles. The maximum Gasteiger partial charge on any atom is 0.270 e. The summed E-state index contributed by atoms with van der Waals surface area (Å²) in [5.41, 5.74) is 5.91. The van der Waals surface area contributed by atoms with Crippen molar-refractivity contribution in [2.24, 2.45) is 17.8 Å². The number of hydrogen-bond donors (Lipinski definition) is 2. The second kappa shape index (κ2) is 12.5. The van der Waals surface area contributed by atoms with Gasteiger partial charge in [0.25, 0.3) is 5.91 Å². The van der Waals surface area contributed by atoms with E-state index in [-0.39, 0.29) is 29.7 Å². The van der Waals surface area contributed by atoms with E-state index in [0.29, 0.717) is 30.0 Å². The number of hydrogen-bond acceptors (Lipinski definition) is 5. The number of amides is 2. The van der Waals surface area contributed by atoms with E-state index in [2.05, 4.69) is 51.0 Å². The van der Waals surface area contributed by atoms with Crippen LogP contribution < -0.4 is 15.4 Å². The summed E-state index contributed by atoms with van der Waals surface area (Å²) in [5.74, 6) is 1.59. The summed E-state index contributed by atoms with van der Waals surface area (Å²) in [6.45, 7) is 4.46. The molecule has 3 aliphatic carbocycles. The molecule has 0 aliphatic heterocycles. The number of nitrogens with zero attached hydrogens (tertiary/aromatic N) is 3. The number of pyridine rings is 1. The van der Waals surface area contributed by atoms with Crippen molar-refractivity contribution in [2.75, 3.05) is 5.32 Å². The Morgan fingerprint density at radius 1 is 0.911 bits per heavy atom. The van der Waals surface area contributed by atoms with Crippen molar-refractivity contribution in [1.29, 1.82) is 0 Å². The van der Waals surface area contributed by atoms with E-state index in [0.717, 1.165) is 55.3 Å². The van der Waals surface area contributed by atoms with Crippen LogP contribution in [0.3, 0.4) is 0 Å². The van der Waals surface area contributed by atoms with Crippen molar-refractivity contribution in [3.05, 3.63) is 107 Å². The highest BCUT2D eigenvalue weighted by Crippen LogP contribution is 2.51. The van der Waals surface area contributed by atoms with Gasteiger partial charge >= 0.3 is 0 Å². The number of ether oxygens (including phenoxy) is 1. The molecule has 45 heavy (non-hydrogen) atoms. The fourth-order valence-corrected chi connectivity index (χ4v) is 7.10. The van der Waals surface area contributed by atoms with Crippen LogP contribution in [0.5, 0.6) is 5.88 Å². The van der Waals surface area contributed by atoms with Crippen LogP contribution in [0.2, 0.25) is 0 Å². The van der Waals surface area contributed by atoms with E-state index in [1.165, 1.54) is 11.1 Å². The zero-order chi connectivity index (χ0) is 30.9. The lowest BCUT2D eigenvalue weighted by Gasteiger charge is -2.28. The topological polar surface area (TPSA) is 98.1 Å². The number of aromatic nitrogens is 3. The maximum atomic E-state index is 14.0. The summed E-state index contributed by atoms with van der Waals surface area (Å²) < 4.78 is 7.91. The molecule has 232 valence electrons. The molecule has 1 unspecified atom stereocenters. The Kier molecular flexibility index (Phi) is 8.13. The zero-order valence-electron chi connectivity index (χ0n) is 26.0. The molecule has 0 bridgehead atoms. The number of anilines is 1. The maximum absolute atomic E-state index is 14.0. The Bertz CT molecular complexity index is 1660. The SMILES string of the molecule is CC(C)n1nccc1C(=O)N[C@H](C(=O)Nc1ccc2c(c1)CCC2c1cccnc1OCc1ccccc1)C(C1CC1)C1CC1. The summed E-state index contributed by atoms with van der Waals surface area (Å²) >= 11 is 0. The molecule has 2 saturated carbocycles. The monoisotopic (exact) mass is 603 g/mol. The largest absolute Gasteiger partial charge is 0.473 e. The fourth-order valence-electron chi connectivity index (χ4n) is 7.10. The molecule has 0 radical (unpaired) electrons. The predicted octanol–water partition coefficient (Wildman–Crippen LogP) is 6.69. The van der Waals surface area contributed by atoms with E-state index < -0.39 is 6.04 Å². The number of rotatable bonds is 12. The van der Waals surface area contributed by atoms with Crippen molar-refractivity contribution in [2.45, 2.75) is 77.0 Å². The van der Waals surface area contributed by atoms with Gasteiger partial charge in [-0.1, -0.05) is 42.5 Å². The average Bonchev–Trinajstić information content (AvgIpc) is 3.98. The lowest BCUT2D eigenvalue weighted by atomic mass is 9.88. The number of aryl methyl sites for hydroxylation is 1. The van der Waals surface area contributed by atoms with Crippen molar-refractivity contribution >= 4 is 17.5 Å². The Hall–Kier alpha value is -4.46. The average molecular weight is 604 g/mol. The van der Waals surface area contributed by atoms with E-state index >= 15 is 0 Å². The second-order valence-electron chi connectivity index (χ2n) is 13.1. The fraction of sp³-hybridized carbons (Fsp3) is 0.405. The number of carbonyl (C=O) groups excluding carboxylic acids is 2. The predicted molar refractivity (Wildman–Crippen MR) is 173 cm³/mol. The van der Waals surface area contributed by atoms with Crippen LogP contribution in [0.25, 0.3) is 0 Å². The summed E-state index contributed by atoms with van der Waals surface area (Å²) in [7, 11) is 0. The molecule has 2 aromatic heterocycles. The van der Waals surface area contributed by atoms with Crippen molar-refractivity contribution < 1.29 is 14.3 Å². The molecule has 8 heteroatoms. The van der Waals surface area contributed by atoms with Gasteiger partial charge in [-0.25, -0.2) is 4.98 Å². The molecule has 2 aromatic carbocycles. The number of benzene rings is 2. The van der Waals surface area contributed by atoms with Crippen LogP contribution >= 0.6 is 0 Å². The highest BCUT2D eigenvalue weighted by atomic mass is 16.5. The van der Waals surface area contributed by atoms with Gasteiger partial charge < -0.3 is 15.4 Å². The molecular weight excluding hydrogens is 562 g/mol. The molecule has 2 N–H and O–H groups in total. The molecular formula is C37H41N5O3. The van der Waals surface area contributed by atoms with Crippen molar-refractivity contribution in [1.82, 2.24) is 20.1 Å². The van der Waals surface area contributed by atoms with Gasteiger partial charge in [-0.2, -0.15) is 5.10 Å². The Labute approximate surface area is 264 Å². The first-order valence-electron chi connectivity index (χ1n) is 16.4. The van der Waals surface area contributed by atoms with E-state index in [1.807, 2.05) is 44.2 Å². The first kappa shape index (κ1) is 29.3. The van der Waals surface area contributed by atoms with Crippen LogP contribution in [0.1, 0.15) is 90.7 Å². The molecule has 7 rings (SSSR count). The standard InChI is InChI=1S/C37H41N5O3/c1-23(2)42-32(18-20-39-42)35(43)41-34(33(25-10-11-25)26-12-13-26)36(44)40-28-15-17-29-27(21-28)14-16-30(29)31-9-6-19-38-37(31)45-22-24-7-4-3-5-8-24/h3-9,15,17-21,23,25-26,30,33-34H,10-14,16,22H2,1-2H3,(H,40,44)(H,41,43)/t30?,34-/m0/s1. The zero-order valence-corrected chi connectivity index (χ0v) is 26.0. The van der Waals surface area contributed by atoms with Gasteiger partial charge in [-0.05, 0) is 111 Å². The van der Waals surface area contributed by atoms with Gasteiger partial charge in [-0.3, -0.25) is 14.3 Å². The van der Waals surface area contributed by atoms with Gasteiger partial charge in [0, 0.05) is 35.6 Å². The highest BCUT2D eigenvalue weighted by Gasteiger charge is 2.48. The van der Waals surface area contributed by atoms with Gasteiger partial charge in [0.05, 0.1) is 0 Å². The van der Waals surface area contributed by atoms with E-state index in [9.17, 15) is 9.59 Å². The summed E-state index contributed by atoms with van der Waals surface area (Å²) in [4.78, 5) is 32.1. The van der Waals surface area contributed by atoms with Crippen LogP contribution in [-0.2, 0) is 17.8 Å². The Morgan fingerprint density at radius 2 is 1.69 bits per heavy atom. The second-order valence-corrected chi connectivity index (χ2v) is 13.1. The van der Waals surface area contributed by atoms with Crippen LogP contribution in [-0.4, -0.2) is 32.6 Å². The molecule has 0 spiro atoms. The molecule has 2 amide bonds. The lowest BCUT2D eigenvalue weighted by molar-refractivity contribution is -0.119. The smallest absolute Gasteiger partial charge is 0.270 e. The number of carbonyl (C=O) groups is 2. The number of fused-ring (bicyclic) bond motifs is 1. The summed E-state index contributed by atoms with van der Waals surface area (Å²) in [5, 5.41) is 10.7. The lowest BCUT2D eigenvalue weighted by Crippen LogP contribution is -2.50. The normalized spacial score (nSPS) is 18.1. The van der Waals surface area contributed by atoms with Gasteiger partial charge in [-0.15, -0.1) is 0 Å². The Balaban J connectivity index is 1.09. The minimum absolute atomic E-state index is 0.0455. The van der Waals surface area contributed by atoms with Gasteiger partial charge in [0.1, 0.15) is 18.3 Å². The highest BCUT2D eigenvalue weighted by molar-refractivity contribution is 6.01. The third kappa shape index (κ3) is 6.37. The van der Waals surface area contributed by atoms with Gasteiger partial charge in [0.15, 0.2) is 0 Å². The first-order chi connectivity index (χ1) is 22.0. The third-order valence-electron chi connectivity index (χ3n) is 9.56. The third-order valence-corrected chi connectivity index (χ3v) is 9.56. The van der Waals surface area contributed by atoms with E-state index in [4.69, 9.17) is 4.74 Å². The molecule has 8 nitrogen and oxygen atoms in total. The van der Waals surface area contributed by atoms with Crippen LogP contribution in [0, 0.1) is 17.8 Å². The summed E-state index contributed by atoms with van der Waals surface area (Å²) in [6, 6.07) is 21.6. The van der Waals surface area contributed by atoms with Crippen LogP contribution in [0.15, 0.2) is 79.1 Å². The molecule has 0 saturated heterocycles. The summed E-state index contributed by atoms with van der Waals surface area (Å²) in [6.07, 6.45) is 9.77. The minimum Gasteiger partial charge on any atom is -0.473 e. The van der Waals surface area contributed by atoms with Gasteiger partial charge in [0.2, 0.25) is 11.8 Å². The quantitative estimate of drug-likeness (QED) is 0.188. The van der Waals surface area contributed by atoms with Crippen molar-refractivity contribution in [3.8, 4) is 5.88 Å². The molecule has 3 aliphatic rings. The first-order valence-corrected chi connectivity index (χ1v) is 16.4. The number of nitrogens with one attached hydrogen (secondary N) is 2. The van der Waals surface area contributed by atoms with Crippen molar-refractivity contribution in [3.63, 3.8) is 0 Å². The minimum atomic E-state index is -0.589. The van der Waals surface area contributed by atoms with E-state index in [1.54, 1.807) is 23.1 Å². The Morgan fingerprint density at radius 3 is 2.42 bits per heavy atom. The molecule has 2 atom stereocenters.